The SMILES string of the molecule is CCc1n[nH]c(=S)n1/N=C/c1c(C)nn(-c2ccc(F)cc2)c1C. The summed E-state index contributed by atoms with van der Waals surface area (Å²) >= 11 is 5.19. The Morgan fingerprint density at radius 2 is 2.00 bits per heavy atom. The van der Waals surface area contributed by atoms with Crippen LogP contribution >= 0.6 is 12.2 Å². The lowest BCUT2D eigenvalue weighted by molar-refractivity contribution is 0.627. The highest BCUT2D eigenvalue weighted by Gasteiger charge is 2.12. The van der Waals surface area contributed by atoms with Gasteiger partial charge in [0.05, 0.1) is 23.3 Å². The molecule has 0 unspecified atom stereocenters. The van der Waals surface area contributed by atoms with Gasteiger partial charge in [0.2, 0.25) is 4.77 Å². The van der Waals surface area contributed by atoms with Crippen molar-refractivity contribution in [2.75, 3.05) is 0 Å². The minimum atomic E-state index is -0.275. The van der Waals surface area contributed by atoms with Crippen molar-refractivity contribution in [3.8, 4) is 5.69 Å². The Morgan fingerprint density at radius 3 is 2.67 bits per heavy atom. The Morgan fingerprint density at radius 1 is 1.29 bits per heavy atom. The third kappa shape index (κ3) is 2.92. The molecule has 0 aliphatic rings. The second-order valence-electron chi connectivity index (χ2n) is 5.33. The van der Waals surface area contributed by atoms with E-state index in [0.29, 0.717) is 4.77 Å². The highest BCUT2D eigenvalue weighted by atomic mass is 32.1. The van der Waals surface area contributed by atoms with Gasteiger partial charge < -0.3 is 0 Å². The largest absolute Gasteiger partial charge is 0.250 e. The monoisotopic (exact) mass is 344 g/mol. The number of aromatic amines is 1. The lowest BCUT2D eigenvalue weighted by Crippen LogP contribution is -2.00. The molecule has 0 saturated heterocycles. The molecule has 2 heterocycles. The van der Waals surface area contributed by atoms with E-state index in [2.05, 4.69) is 20.4 Å². The molecule has 1 aromatic carbocycles. The number of hydrogen-bond donors (Lipinski definition) is 1. The molecule has 0 aliphatic carbocycles. The van der Waals surface area contributed by atoms with Gasteiger partial charge in [-0.3, -0.25) is 5.10 Å². The molecule has 1 N–H and O–H groups in total. The van der Waals surface area contributed by atoms with E-state index >= 15 is 0 Å². The van der Waals surface area contributed by atoms with Crippen molar-refractivity contribution in [2.45, 2.75) is 27.2 Å². The number of aryl methyl sites for hydroxylation is 2. The summed E-state index contributed by atoms with van der Waals surface area (Å²) in [5.41, 5.74) is 3.43. The van der Waals surface area contributed by atoms with Crippen molar-refractivity contribution in [3.05, 3.63) is 57.6 Å². The van der Waals surface area contributed by atoms with E-state index in [1.807, 2.05) is 20.8 Å². The van der Waals surface area contributed by atoms with Crippen molar-refractivity contribution >= 4 is 18.4 Å². The predicted molar refractivity (Wildman–Crippen MR) is 92.8 cm³/mol. The fourth-order valence-corrected chi connectivity index (χ4v) is 2.66. The number of aromatic nitrogens is 5. The number of nitrogens with zero attached hydrogens (tertiary/aromatic N) is 5. The van der Waals surface area contributed by atoms with E-state index in [0.717, 1.165) is 34.9 Å². The van der Waals surface area contributed by atoms with Gasteiger partial charge in [0, 0.05) is 12.0 Å². The van der Waals surface area contributed by atoms with Crippen LogP contribution in [-0.4, -0.2) is 30.9 Å². The molecule has 3 rings (SSSR count). The Balaban J connectivity index is 2.00. The Hall–Kier alpha value is -2.61. The molecule has 0 amide bonds. The first-order valence-corrected chi connectivity index (χ1v) is 7.95. The molecule has 0 bridgehead atoms. The smallest absolute Gasteiger partial charge is 0.216 e. The molecule has 2 aromatic heterocycles. The molecular formula is C16H17FN6S. The van der Waals surface area contributed by atoms with Gasteiger partial charge in [-0.15, -0.1) is 0 Å². The topological polar surface area (TPSA) is 63.8 Å². The van der Waals surface area contributed by atoms with Gasteiger partial charge in [-0.2, -0.15) is 20.0 Å². The van der Waals surface area contributed by atoms with E-state index in [4.69, 9.17) is 12.2 Å². The van der Waals surface area contributed by atoms with Crippen molar-refractivity contribution in [3.63, 3.8) is 0 Å². The molecule has 8 heteroatoms. The van der Waals surface area contributed by atoms with Crippen LogP contribution in [0.15, 0.2) is 29.4 Å². The summed E-state index contributed by atoms with van der Waals surface area (Å²) in [7, 11) is 0. The molecular weight excluding hydrogens is 327 g/mol. The maximum atomic E-state index is 13.1. The van der Waals surface area contributed by atoms with Crippen molar-refractivity contribution in [2.24, 2.45) is 5.10 Å². The van der Waals surface area contributed by atoms with Crippen LogP contribution in [0.25, 0.3) is 5.69 Å². The first-order valence-electron chi connectivity index (χ1n) is 7.54. The summed E-state index contributed by atoms with van der Waals surface area (Å²) in [6.45, 7) is 5.84. The number of H-pyrrole nitrogens is 1. The lowest BCUT2D eigenvalue weighted by Gasteiger charge is -2.04. The van der Waals surface area contributed by atoms with E-state index in [9.17, 15) is 4.39 Å². The number of rotatable bonds is 4. The van der Waals surface area contributed by atoms with Crippen LogP contribution in [-0.2, 0) is 6.42 Å². The highest BCUT2D eigenvalue weighted by Crippen LogP contribution is 2.17. The quantitative estimate of drug-likeness (QED) is 0.583. The van der Waals surface area contributed by atoms with Crippen LogP contribution in [0, 0.1) is 24.4 Å². The summed E-state index contributed by atoms with van der Waals surface area (Å²) in [6.07, 6.45) is 2.44. The second kappa shape index (κ2) is 6.48. The summed E-state index contributed by atoms with van der Waals surface area (Å²) in [4.78, 5) is 0. The van der Waals surface area contributed by atoms with Gasteiger partial charge in [-0.1, -0.05) is 6.92 Å². The molecule has 0 radical (unpaired) electrons. The molecule has 0 aliphatic heterocycles. The predicted octanol–water partition coefficient (Wildman–Crippen LogP) is 3.33. The van der Waals surface area contributed by atoms with Gasteiger partial charge in [0.15, 0.2) is 5.82 Å². The molecule has 0 spiro atoms. The maximum Gasteiger partial charge on any atom is 0.216 e. The molecule has 0 fully saturated rings. The van der Waals surface area contributed by atoms with E-state index in [-0.39, 0.29) is 5.82 Å². The number of nitrogens with one attached hydrogen (secondary N) is 1. The van der Waals surface area contributed by atoms with E-state index in [1.54, 1.807) is 27.7 Å². The molecule has 124 valence electrons. The third-order valence-electron chi connectivity index (χ3n) is 3.75. The minimum absolute atomic E-state index is 0.275. The average molecular weight is 344 g/mol. The first kappa shape index (κ1) is 16.3. The number of benzene rings is 1. The second-order valence-corrected chi connectivity index (χ2v) is 5.71. The Bertz CT molecular complexity index is 948. The van der Waals surface area contributed by atoms with Gasteiger partial charge >= 0.3 is 0 Å². The number of halogens is 1. The van der Waals surface area contributed by atoms with Crippen molar-refractivity contribution < 1.29 is 4.39 Å². The molecule has 3 aromatic rings. The Kier molecular flexibility index (Phi) is 4.39. The molecule has 0 saturated carbocycles. The first-order chi connectivity index (χ1) is 11.5. The van der Waals surface area contributed by atoms with Crippen LogP contribution in [0.3, 0.4) is 0 Å². The Labute approximate surface area is 143 Å². The van der Waals surface area contributed by atoms with Crippen LogP contribution < -0.4 is 0 Å². The lowest BCUT2D eigenvalue weighted by atomic mass is 10.2. The highest BCUT2D eigenvalue weighted by molar-refractivity contribution is 7.71. The van der Waals surface area contributed by atoms with E-state index < -0.39 is 0 Å². The van der Waals surface area contributed by atoms with Gasteiger partial charge in [-0.05, 0) is 50.3 Å². The number of hydrogen-bond acceptors (Lipinski definition) is 4. The fourth-order valence-electron chi connectivity index (χ4n) is 2.46. The molecule has 24 heavy (non-hydrogen) atoms. The van der Waals surface area contributed by atoms with Crippen molar-refractivity contribution in [1.82, 2.24) is 24.7 Å². The normalized spacial score (nSPS) is 11.5. The zero-order chi connectivity index (χ0) is 17.3. The standard InChI is InChI=1S/C16H17FN6S/c1-4-15-19-20-16(24)23(15)18-9-14-10(2)21-22(11(14)3)13-7-5-12(17)6-8-13/h5-9H,4H2,1-3H3,(H,20,24)/b18-9+. The summed E-state index contributed by atoms with van der Waals surface area (Å²) in [5.74, 6) is 0.487. The fraction of sp³-hybridized carbons (Fsp3) is 0.250. The third-order valence-corrected chi connectivity index (χ3v) is 4.02. The zero-order valence-corrected chi connectivity index (χ0v) is 14.4. The summed E-state index contributed by atoms with van der Waals surface area (Å²) < 4.78 is 16.9. The van der Waals surface area contributed by atoms with Crippen molar-refractivity contribution in [1.29, 1.82) is 0 Å². The molecule has 6 nitrogen and oxygen atoms in total. The van der Waals surface area contributed by atoms with E-state index in [1.165, 1.54) is 12.1 Å². The summed E-state index contributed by atoms with van der Waals surface area (Å²) in [6, 6.07) is 6.21. The average Bonchev–Trinajstić information content (AvgIpc) is 3.06. The van der Waals surface area contributed by atoms with Crippen LogP contribution in [0.5, 0.6) is 0 Å². The molecule has 0 atom stereocenters. The van der Waals surface area contributed by atoms with Gasteiger partial charge in [0.1, 0.15) is 5.82 Å². The minimum Gasteiger partial charge on any atom is -0.250 e. The van der Waals surface area contributed by atoms with Crippen LogP contribution in [0.2, 0.25) is 0 Å². The van der Waals surface area contributed by atoms with Crippen LogP contribution in [0.4, 0.5) is 4.39 Å². The summed E-state index contributed by atoms with van der Waals surface area (Å²) in [5, 5.41) is 15.8. The zero-order valence-electron chi connectivity index (χ0n) is 13.6. The van der Waals surface area contributed by atoms with Gasteiger partial charge in [-0.25, -0.2) is 9.07 Å². The van der Waals surface area contributed by atoms with Gasteiger partial charge in [0.25, 0.3) is 0 Å². The maximum absolute atomic E-state index is 13.1. The van der Waals surface area contributed by atoms with Crippen LogP contribution in [0.1, 0.15) is 29.7 Å².